The predicted molar refractivity (Wildman–Crippen MR) is 111 cm³/mol. The van der Waals surface area contributed by atoms with Gasteiger partial charge in [0.05, 0.1) is 0 Å². The number of nitrogens with zero attached hydrogens (tertiary/aromatic N) is 1. The molecule has 2 aromatic carbocycles. The lowest BCUT2D eigenvalue weighted by molar-refractivity contribution is -0.123. The Bertz CT molecular complexity index is 1270. The molecule has 0 radical (unpaired) electrons. The molecule has 4 aromatic rings. The highest BCUT2D eigenvalue weighted by Gasteiger charge is 2.06. The highest BCUT2D eigenvalue weighted by Crippen LogP contribution is 2.20. The monoisotopic (exact) mass is 420 g/mol. The summed E-state index contributed by atoms with van der Waals surface area (Å²) in [4.78, 5) is 27.5. The van der Waals surface area contributed by atoms with Crippen molar-refractivity contribution in [2.75, 3.05) is 6.61 Å². The first-order valence-electron chi connectivity index (χ1n) is 9.37. The predicted octanol–water partition coefficient (Wildman–Crippen LogP) is 3.81. The number of pyridine rings is 1. The Hall–Kier alpha value is -4.20. The van der Waals surface area contributed by atoms with Crippen LogP contribution in [0.15, 0.2) is 82.1 Å². The van der Waals surface area contributed by atoms with E-state index in [4.69, 9.17) is 13.9 Å². The van der Waals surface area contributed by atoms with Crippen molar-refractivity contribution in [1.82, 2.24) is 10.3 Å². The Labute approximate surface area is 176 Å². The van der Waals surface area contributed by atoms with Gasteiger partial charge in [0.1, 0.15) is 22.9 Å². The molecule has 0 saturated carbocycles. The second-order valence-electron chi connectivity index (χ2n) is 6.58. The summed E-state index contributed by atoms with van der Waals surface area (Å²) in [5.74, 6) is 0.352. The standard InChI is InChI=1S/C23H17FN2O5/c24-17-2-1-3-19(10-17)30-22-8-4-15(13-26-22)12-25-21(27)14-29-18-7-5-16-6-9-23(28)31-20(16)11-18/h1-11,13H,12,14H2,(H,25,27). The van der Waals surface area contributed by atoms with Gasteiger partial charge in [-0.1, -0.05) is 12.1 Å². The molecule has 0 unspecified atom stereocenters. The number of aromatic nitrogens is 1. The lowest BCUT2D eigenvalue weighted by Gasteiger charge is -2.09. The topological polar surface area (TPSA) is 90.7 Å². The third-order valence-electron chi connectivity index (χ3n) is 4.27. The molecule has 8 heteroatoms. The van der Waals surface area contributed by atoms with Gasteiger partial charge < -0.3 is 19.2 Å². The largest absolute Gasteiger partial charge is 0.484 e. The molecule has 0 atom stereocenters. The van der Waals surface area contributed by atoms with Crippen LogP contribution in [0.5, 0.6) is 17.4 Å². The summed E-state index contributed by atoms with van der Waals surface area (Å²) in [6.07, 6.45) is 1.56. The number of rotatable bonds is 7. The summed E-state index contributed by atoms with van der Waals surface area (Å²) >= 11 is 0. The van der Waals surface area contributed by atoms with E-state index in [1.165, 1.54) is 18.2 Å². The van der Waals surface area contributed by atoms with Crippen molar-refractivity contribution in [1.29, 1.82) is 0 Å². The molecule has 1 amide bonds. The Balaban J connectivity index is 1.27. The van der Waals surface area contributed by atoms with E-state index in [1.807, 2.05) is 0 Å². The van der Waals surface area contributed by atoms with Crippen LogP contribution < -0.4 is 20.4 Å². The average Bonchev–Trinajstić information content (AvgIpc) is 2.77. The average molecular weight is 420 g/mol. The Morgan fingerprint density at radius 2 is 1.90 bits per heavy atom. The summed E-state index contributed by atoms with van der Waals surface area (Å²) < 4.78 is 29.2. The molecule has 0 fully saturated rings. The molecule has 1 N–H and O–H groups in total. The van der Waals surface area contributed by atoms with E-state index in [0.29, 0.717) is 23.0 Å². The fourth-order valence-electron chi connectivity index (χ4n) is 2.76. The van der Waals surface area contributed by atoms with Crippen LogP contribution in [-0.4, -0.2) is 17.5 Å². The molecule has 0 aliphatic heterocycles. The van der Waals surface area contributed by atoms with E-state index in [-0.39, 0.29) is 19.1 Å². The van der Waals surface area contributed by atoms with Gasteiger partial charge >= 0.3 is 5.63 Å². The maximum absolute atomic E-state index is 13.2. The van der Waals surface area contributed by atoms with Gasteiger partial charge in [-0.3, -0.25) is 4.79 Å². The molecule has 31 heavy (non-hydrogen) atoms. The second kappa shape index (κ2) is 9.08. The number of halogens is 1. The van der Waals surface area contributed by atoms with Crippen molar-refractivity contribution < 1.29 is 23.1 Å². The molecule has 2 aromatic heterocycles. The first kappa shape index (κ1) is 20.1. The first-order valence-corrected chi connectivity index (χ1v) is 9.37. The number of hydrogen-bond donors (Lipinski definition) is 1. The molecule has 0 saturated heterocycles. The fraction of sp³-hybridized carbons (Fsp3) is 0.0870. The van der Waals surface area contributed by atoms with E-state index < -0.39 is 11.4 Å². The first-order chi connectivity index (χ1) is 15.0. The third-order valence-corrected chi connectivity index (χ3v) is 4.27. The van der Waals surface area contributed by atoms with Gasteiger partial charge in [-0.05, 0) is 35.9 Å². The number of hydrogen-bond acceptors (Lipinski definition) is 6. The summed E-state index contributed by atoms with van der Waals surface area (Å²) in [6.45, 7) is 0.0544. The summed E-state index contributed by atoms with van der Waals surface area (Å²) in [5.41, 5.74) is 0.688. The normalized spacial score (nSPS) is 10.6. The molecular formula is C23H17FN2O5. The van der Waals surface area contributed by atoms with E-state index in [1.54, 1.807) is 54.7 Å². The Kier molecular flexibility index (Phi) is 5.89. The van der Waals surface area contributed by atoms with Crippen molar-refractivity contribution in [2.45, 2.75) is 6.54 Å². The number of carbonyl (C=O) groups excluding carboxylic acids is 1. The zero-order chi connectivity index (χ0) is 21.6. The summed E-state index contributed by atoms with van der Waals surface area (Å²) in [6, 6.07) is 17.1. The molecular weight excluding hydrogens is 403 g/mol. The Morgan fingerprint density at radius 3 is 2.71 bits per heavy atom. The van der Waals surface area contributed by atoms with Crippen LogP contribution in [0.3, 0.4) is 0 Å². The van der Waals surface area contributed by atoms with Crippen LogP contribution in [0.2, 0.25) is 0 Å². The van der Waals surface area contributed by atoms with Crippen molar-refractivity contribution in [3.05, 3.63) is 94.7 Å². The van der Waals surface area contributed by atoms with Crippen LogP contribution in [-0.2, 0) is 11.3 Å². The van der Waals surface area contributed by atoms with Gasteiger partial charge in [-0.15, -0.1) is 0 Å². The molecule has 7 nitrogen and oxygen atoms in total. The van der Waals surface area contributed by atoms with Crippen LogP contribution >= 0.6 is 0 Å². The van der Waals surface area contributed by atoms with Crippen LogP contribution in [0, 0.1) is 5.82 Å². The number of carbonyl (C=O) groups is 1. The van der Waals surface area contributed by atoms with Crippen LogP contribution in [0.1, 0.15) is 5.56 Å². The summed E-state index contributed by atoms with van der Waals surface area (Å²) in [5, 5.41) is 3.48. The lowest BCUT2D eigenvalue weighted by Crippen LogP contribution is -2.28. The van der Waals surface area contributed by atoms with Gasteiger partial charge in [0, 0.05) is 42.4 Å². The van der Waals surface area contributed by atoms with Gasteiger partial charge in [0.15, 0.2) is 6.61 Å². The third kappa shape index (κ3) is 5.45. The van der Waals surface area contributed by atoms with E-state index >= 15 is 0 Å². The van der Waals surface area contributed by atoms with Gasteiger partial charge in [0.2, 0.25) is 5.88 Å². The van der Waals surface area contributed by atoms with Gasteiger partial charge in [-0.25, -0.2) is 14.2 Å². The van der Waals surface area contributed by atoms with E-state index in [0.717, 1.165) is 10.9 Å². The highest BCUT2D eigenvalue weighted by atomic mass is 19.1. The van der Waals surface area contributed by atoms with Crippen molar-refractivity contribution >= 4 is 16.9 Å². The smallest absolute Gasteiger partial charge is 0.336 e. The zero-order valence-corrected chi connectivity index (χ0v) is 16.2. The number of amides is 1. The maximum Gasteiger partial charge on any atom is 0.336 e. The van der Waals surface area contributed by atoms with Crippen LogP contribution in [0.4, 0.5) is 4.39 Å². The Morgan fingerprint density at radius 1 is 1.03 bits per heavy atom. The SMILES string of the molecule is O=C(COc1ccc2ccc(=O)oc2c1)NCc1ccc(Oc2cccc(F)c2)nc1. The minimum atomic E-state index is -0.455. The van der Waals surface area contributed by atoms with E-state index in [9.17, 15) is 14.0 Å². The van der Waals surface area contributed by atoms with Crippen molar-refractivity contribution in [3.63, 3.8) is 0 Å². The number of nitrogens with one attached hydrogen (secondary N) is 1. The summed E-state index contributed by atoms with van der Waals surface area (Å²) in [7, 11) is 0. The van der Waals surface area contributed by atoms with Crippen molar-refractivity contribution in [2.24, 2.45) is 0 Å². The lowest BCUT2D eigenvalue weighted by atomic mass is 10.2. The zero-order valence-electron chi connectivity index (χ0n) is 16.2. The quantitative estimate of drug-likeness (QED) is 0.457. The molecule has 0 aliphatic carbocycles. The highest BCUT2D eigenvalue weighted by molar-refractivity contribution is 5.79. The molecule has 4 rings (SSSR count). The molecule has 0 bridgehead atoms. The van der Waals surface area contributed by atoms with Gasteiger partial charge in [0.25, 0.3) is 5.91 Å². The minimum Gasteiger partial charge on any atom is -0.484 e. The molecule has 0 aliphatic rings. The fourth-order valence-corrected chi connectivity index (χ4v) is 2.76. The van der Waals surface area contributed by atoms with Gasteiger partial charge in [-0.2, -0.15) is 0 Å². The van der Waals surface area contributed by atoms with E-state index in [2.05, 4.69) is 10.3 Å². The molecule has 0 spiro atoms. The number of fused-ring (bicyclic) bond motifs is 1. The molecule has 2 heterocycles. The minimum absolute atomic E-state index is 0.198. The molecule has 156 valence electrons. The number of benzene rings is 2. The number of ether oxygens (including phenoxy) is 2. The van der Waals surface area contributed by atoms with Crippen LogP contribution in [0.25, 0.3) is 11.0 Å². The maximum atomic E-state index is 13.2. The second-order valence-corrected chi connectivity index (χ2v) is 6.58. The van der Waals surface area contributed by atoms with Crippen molar-refractivity contribution in [3.8, 4) is 17.4 Å².